The Kier molecular flexibility index (Phi) is 4.77. The first-order chi connectivity index (χ1) is 7.25. The smallest absolute Gasteiger partial charge is 0.167 e. The van der Waals surface area contributed by atoms with Crippen molar-refractivity contribution in [2.75, 3.05) is 19.7 Å². The number of benzene rings is 1. The summed E-state index contributed by atoms with van der Waals surface area (Å²) in [5.41, 5.74) is 0.563. The van der Waals surface area contributed by atoms with Gasteiger partial charge in [-0.25, -0.2) is 4.39 Å². The largest absolute Gasteiger partial charge is 0.489 e. The highest BCUT2D eigenvalue weighted by molar-refractivity contribution is 5.51. The summed E-state index contributed by atoms with van der Waals surface area (Å²) in [5, 5.41) is 2.82. The molecule has 0 radical (unpaired) electrons. The molecule has 4 heteroatoms. The summed E-state index contributed by atoms with van der Waals surface area (Å²) < 4.78 is 18.6. The topological polar surface area (TPSA) is 38.3 Å². The van der Waals surface area contributed by atoms with E-state index in [1.54, 1.807) is 25.1 Å². The molecule has 1 rings (SSSR count). The molecule has 3 nitrogen and oxygen atoms in total. The molecule has 0 spiro atoms. The molecule has 0 atom stereocenters. The number of hydrogen-bond donors (Lipinski definition) is 1. The Morgan fingerprint density at radius 3 is 3.07 bits per heavy atom. The van der Waals surface area contributed by atoms with Crippen molar-refractivity contribution in [1.29, 1.82) is 0 Å². The zero-order chi connectivity index (χ0) is 11.1. The molecular weight excluding hydrogens is 197 g/mol. The fraction of sp³-hybridized carbons (Fsp3) is 0.364. The second-order valence-corrected chi connectivity index (χ2v) is 3.11. The Bertz CT molecular complexity index is 328. The lowest BCUT2D eigenvalue weighted by molar-refractivity contribution is -0.107. The Morgan fingerprint density at radius 2 is 2.33 bits per heavy atom. The highest BCUT2D eigenvalue weighted by Crippen LogP contribution is 2.19. The van der Waals surface area contributed by atoms with E-state index >= 15 is 0 Å². The molecule has 1 aromatic rings. The van der Waals surface area contributed by atoms with Crippen LogP contribution in [0.1, 0.15) is 5.56 Å². The summed E-state index contributed by atoms with van der Waals surface area (Å²) in [6, 6.07) is 5.02. The van der Waals surface area contributed by atoms with Crippen LogP contribution in [0.2, 0.25) is 0 Å². The lowest BCUT2D eigenvalue weighted by Crippen LogP contribution is -2.22. The molecule has 1 N–H and O–H groups in total. The van der Waals surface area contributed by atoms with Crippen molar-refractivity contribution in [3.8, 4) is 5.75 Å². The minimum Gasteiger partial charge on any atom is -0.489 e. The van der Waals surface area contributed by atoms with E-state index in [2.05, 4.69) is 5.32 Å². The third-order valence-electron chi connectivity index (χ3n) is 1.92. The van der Waals surface area contributed by atoms with E-state index < -0.39 is 0 Å². The van der Waals surface area contributed by atoms with Gasteiger partial charge in [0, 0.05) is 6.54 Å². The minimum atomic E-state index is -0.326. The predicted octanol–water partition coefficient (Wildman–Crippen LogP) is 1.30. The minimum absolute atomic E-state index is 0.253. The fourth-order valence-electron chi connectivity index (χ4n) is 1.13. The summed E-state index contributed by atoms with van der Waals surface area (Å²) >= 11 is 0. The highest BCUT2D eigenvalue weighted by Gasteiger charge is 2.04. The van der Waals surface area contributed by atoms with Crippen LogP contribution in [-0.2, 0) is 4.79 Å². The molecule has 0 fully saturated rings. The third-order valence-corrected chi connectivity index (χ3v) is 1.92. The number of ether oxygens (including phenoxy) is 1. The van der Waals surface area contributed by atoms with Crippen LogP contribution in [0.3, 0.4) is 0 Å². The van der Waals surface area contributed by atoms with Crippen molar-refractivity contribution < 1.29 is 13.9 Å². The Balaban J connectivity index is 2.37. The van der Waals surface area contributed by atoms with Gasteiger partial charge in [0.25, 0.3) is 0 Å². The molecule has 0 amide bonds. The first-order valence-corrected chi connectivity index (χ1v) is 4.78. The van der Waals surface area contributed by atoms with E-state index in [0.29, 0.717) is 25.3 Å². The summed E-state index contributed by atoms with van der Waals surface area (Å²) in [6.07, 6.45) is 0.771. The Labute approximate surface area is 88.2 Å². The molecule has 0 aliphatic rings. The van der Waals surface area contributed by atoms with Gasteiger partial charge in [-0.2, -0.15) is 0 Å². The summed E-state index contributed by atoms with van der Waals surface area (Å²) in [7, 11) is 0. The van der Waals surface area contributed by atoms with E-state index in [9.17, 15) is 9.18 Å². The Hall–Kier alpha value is -1.42. The van der Waals surface area contributed by atoms with Crippen LogP contribution in [0.4, 0.5) is 4.39 Å². The predicted molar refractivity (Wildman–Crippen MR) is 55.6 cm³/mol. The van der Waals surface area contributed by atoms with Crippen LogP contribution < -0.4 is 10.1 Å². The summed E-state index contributed by atoms with van der Waals surface area (Å²) in [5.74, 6) is -0.0733. The van der Waals surface area contributed by atoms with Crippen molar-refractivity contribution in [3.63, 3.8) is 0 Å². The van der Waals surface area contributed by atoms with Crippen molar-refractivity contribution in [3.05, 3.63) is 29.6 Å². The van der Waals surface area contributed by atoms with Crippen LogP contribution >= 0.6 is 0 Å². The standard InChI is InChI=1S/C11H14FNO2/c1-9-3-2-4-10(11(9)12)15-8-6-13-5-7-14/h2-4,7,13H,5-6,8H2,1H3. The van der Waals surface area contributed by atoms with Gasteiger partial charge in [0.1, 0.15) is 12.9 Å². The van der Waals surface area contributed by atoms with Crippen molar-refractivity contribution in [2.45, 2.75) is 6.92 Å². The number of rotatable bonds is 6. The normalized spacial score (nSPS) is 10.0. The second-order valence-electron chi connectivity index (χ2n) is 3.11. The third kappa shape index (κ3) is 3.67. The molecule has 0 unspecified atom stereocenters. The first kappa shape index (κ1) is 11.7. The van der Waals surface area contributed by atoms with Gasteiger partial charge < -0.3 is 14.8 Å². The van der Waals surface area contributed by atoms with E-state index in [-0.39, 0.29) is 11.6 Å². The quantitative estimate of drug-likeness (QED) is 0.569. The number of hydrogen-bond acceptors (Lipinski definition) is 3. The van der Waals surface area contributed by atoms with Gasteiger partial charge in [-0.3, -0.25) is 0 Å². The van der Waals surface area contributed by atoms with Crippen LogP contribution in [0.15, 0.2) is 18.2 Å². The molecule has 1 aromatic carbocycles. The lowest BCUT2D eigenvalue weighted by atomic mass is 10.2. The van der Waals surface area contributed by atoms with E-state index in [1.807, 2.05) is 0 Å². The number of nitrogens with one attached hydrogen (secondary N) is 1. The maximum Gasteiger partial charge on any atom is 0.167 e. The van der Waals surface area contributed by atoms with Gasteiger partial charge >= 0.3 is 0 Å². The number of carbonyl (C=O) groups excluding carboxylic acids is 1. The average molecular weight is 211 g/mol. The second kappa shape index (κ2) is 6.14. The van der Waals surface area contributed by atoms with Crippen molar-refractivity contribution in [1.82, 2.24) is 5.32 Å². The molecular formula is C11H14FNO2. The van der Waals surface area contributed by atoms with Crippen molar-refractivity contribution >= 4 is 6.29 Å². The first-order valence-electron chi connectivity index (χ1n) is 4.78. The van der Waals surface area contributed by atoms with Crippen molar-refractivity contribution in [2.24, 2.45) is 0 Å². The van der Waals surface area contributed by atoms with E-state index in [0.717, 1.165) is 6.29 Å². The number of halogens is 1. The van der Waals surface area contributed by atoms with Crippen LogP contribution in [0, 0.1) is 12.7 Å². The zero-order valence-corrected chi connectivity index (χ0v) is 8.63. The summed E-state index contributed by atoms with van der Waals surface area (Å²) in [6.45, 7) is 2.84. The maximum absolute atomic E-state index is 13.4. The van der Waals surface area contributed by atoms with Gasteiger partial charge in [0.2, 0.25) is 0 Å². The number of aldehydes is 1. The van der Waals surface area contributed by atoms with Gasteiger partial charge in [-0.05, 0) is 18.6 Å². The molecule has 0 aliphatic carbocycles. The summed E-state index contributed by atoms with van der Waals surface area (Å²) in [4.78, 5) is 9.97. The monoisotopic (exact) mass is 211 g/mol. The van der Waals surface area contributed by atoms with Crippen LogP contribution in [0.5, 0.6) is 5.75 Å². The highest BCUT2D eigenvalue weighted by atomic mass is 19.1. The average Bonchev–Trinajstić information content (AvgIpc) is 2.24. The number of carbonyl (C=O) groups is 1. The molecule has 0 saturated carbocycles. The van der Waals surface area contributed by atoms with Gasteiger partial charge in [-0.1, -0.05) is 12.1 Å². The van der Waals surface area contributed by atoms with E-state index in [1.165, 1.54) is 0 Å². The SMILES string of the molecule is Cc1cccc(OCCNCC=O)c1F. The van der Waals surface area contributed by atoms with Gasteiger partial charge in [0.05, 0.1) is 6.54 Å². The van der Waals surface area contributed by atoms with Crippen LogP contribution in [0.25, 0.3) is 0 Å². The molecule has 0 heterocycles. The Morgan fingerprint density at radius 1 is 1.53 bits per heavy atom. The maximum atomic E-state index is 13.4. The molecule has 0 bridgehead atoms. The fourth-order valence-corrected chi connectivity index (χ4v) is 1.13. The molecule has 0 aromatic heterocycles. The molecule has 0 aliphatic heterocycles. The van der Waals surface area contributed by atoms with Gasteiger partial charge in [-0.15, -0.1) is 0 Å². The molecule has 82 valence electrons. The van der Waals surface area contributed by atoms with Crippen LogP contribution in [-0.4, -0.2) is 26.0 Å². The van der Waals surface area contributed by atoms with E-state index in [4.69, 9.17) is 4.74 Å². The molecule has 0 saturated heterocycles. The molecule has 15 heavy (non-hydrogen) atoms. The lowest BCUT2D eigenvalue weighted by Gasteiger charge is -2.08. The van der Waals surface area contributed by atoms with Gasteiger partial charge in [0.15, 0.2) is 11.6 Å². The number of aryl methyl sites for hydroxylation is 1. The zero-order valence-electron chi connectivity index (χ0n) is 8.63.